The maximum Gasteiger partial charge on any atom is 0.325 e. The summed E-state index contributed by atoms with van der Waals surface area (Å²) in [6.07, 6.45) is 4.13. The Bertz CT molecular complexity index is 582. The fourth-order valence-corrected chi connectivity index (χ4v) is 1.10. The number of ketones is 1. The number of hydrogen-bond donors (Lipinski definition) is 2. The van der Waals surface area contributed by atoms with Crippen molar-refractivity contribution in [2.24, 2.45) is 0 Å². The van der Waals surface area contributed by atoms with E-state index >= 15 is 0 Å². The van der Waals surface area contributed by atoms with Gasteiger partial charge in [-0.15, -0.1) is 0 Å². The lowest BCUT2D eigenvalue weighted by Gasteiger charge is -1.97. The van der Waals surface area contributed by atoms with Gasteiger partial charge in [-0.1, -0.05) is 12.2 Å². The van der Waals surface area contributed by atoms with Gasteiger partial charge in [-0.3, -0.25) is 19.4 Å². The van der Waals surface area contributed by atoms with E-state index in [1.165, 1.54) is 25.3 Å². The second-order valence-corrected chi connectivity index (χ2v) is 3.45. The zero-order valence-corrected chi connectivity index (χ0v) is 9.69. The van der Waals surface area contributed by atoms with Crippen molar-refractivity contribution in [1.82, 2.24) is 9.97 Å². The highest BCUT2D eigenvalue weighted by molar-refractivity contribution is 5.83. The van der Waals surface area contributed by atoms with Gasteiger partial charge in [-0.25, -0.2) is 4.79 Å². The summed E-state index contributed by atoms with van der Waals surface area (Å²) in [7, 11) is 0. The molecule has 1 aromatic heterocycles. The summed E-state index contributed by atoms with van der Waals surface area (Å²) in [4.78, 5) is 48.0. The van der Waals surface area contributed by atoms with E-state index in [-0.39, 0.29) is 24.4 Å². The first-order valence-electron chi connectivity index (χ1n) is 5.12. The molecule has 0 saturated carbocycles. The summed E-state index contributed by atoms with van der Waals surface area (Å²) in [5.74, 6) is -0.813. The molecular weight excluding hydrogens is 240 g/mol. The fourth-order valence-electron chi connectivity index (χ4n) is 1.10. The number of carbonyl (C=O) groups excluding carboxylic acids is 2. The number of H-pyrrole nitrogens is 2. The summed E-state index contributed by atoms with van der Waals surface area (Å²) in [6, 6.07) is 0. The number of aromatic nitrogens is 2. The van der Waals surface area contributed by atoms with Crippen LogP contribution >= 0.6 is 0 Å². The molecule has 96 valence electrons. The summed E-state index contributed by atoms with van der Waals surface area (Å²) < 4.78 is 4.51. The zero-order valence-electron chi connectivity index (χ0n) is 9.69. The number of rotatable bonds is 5. The first-order valence-corrected chi connectivity index (χ1v) is 5.12. The minimum atomic E-state index is -0.594. The predicted molar refractivity (Wildman–Crippen MR) is 63.0 cm³/mol. The van der Waals surface area contributed by atoms with Gasteiger partial charge < -0.3 is 9.72 Å². The molecule has 0 aliphatic heterocycles. The van der Waals surface area contributed by atoms with E-state index in [4.69, 9.17) is 0 Å². The van der Waals surface area contributed by atoms with Crippen molar-refractivity contribution < 1.29 is 14.3 Å². The molecule has 0 amide bonds. The average molecular weight is 252 g/mol. The zero-order chi connectivity index (χ0) is 13.5. The van der Waals surface area contributed by atoms with E-state index in [0.29, 0.717) is 0 Å². The third-order valence-electron chi connectivity index (χ3n) is 1.93. The van der Waals surface area contributed by atoms with E-state index in [2.05, 4.69) is 9.72 Å². The smallest absolute Gasteiger partial charge is 0.325 e. The minimum Gasteiger partial charge on any atom is -0.458 e. The highest BCUT2D eigenvalue weighted by Crippen LogP contribution is 1.94. The highest BCUT2D eigenvalue weighted by Gasteiger charge is 2.02. The van der Waals surface area contributed by atoms with Crippen molar-refractivity contribution in [2.45, 2.75) is 13.3 Å². The third-order valence-corrected chi connectivity index (χ3v) is 1.93. The largest absolute Gasteiger partial charge is 0.458 e. The Hall–Kier alpha value is -2.44. The molecule has 2 N–H and O–H groups in total. The molecule has 0 aromatic carbocycles. The molecule has 1 rings (SSSR count). The van der Waals surface area contributed by atoms with Gasteiger partial charge in [0.1, 0.15) is 6.61 Å². The van der Waals surface area contributed by atoms with Gasteiger partial charge in [-0.05, 0) is 0 Å². The summed E-state index contributed by atoms with van der Waals surface area (Å²) in [6.45, 7) is 0.921. The molecule has 1 heterocycles. The summed E-state index contributed by atoms with van der Waals surface area (Å²) in [5.41, 5.74) is -0.902. The van der Waals surface area contributed by atoms with Crippen LogP contribution in [-0.4, -0.2) is 28.3 Å². The van der Waals surface area contributed by atoms with Gasteiger partial charge in [0.15, 0.2) is 5.78 Å². The van der Waals surface area contributed by atoms with Crippen molar-refractivity contribution in [3.8, 4) is 0 Å². The highest BCUT2D eigenvalue weighted by atomic mass is 16.5. The van der Waals surface area contributed by atoms with Gasteiger partial charge in [0.25, 0.3) is 5.56 Å². The number of allylic oxidation sites excluding steroid dienone is 1. The molecule has 0 radical (unpaired) electrons. The van der Waals surface area contributed by atoms with Crippen molar-refractivity contribution in [1.29, 1.82) is 0 Å². The number of carbonyl (C=O) groups is 2. The molecule has 0 atom stereocenters. The summed E-state index contributed by atoms with van der Waals surface area (Å²) in [5, 5.41) is 0. The Kier molecular flexibility index (Phi) is 4.79. The van der Waals surface area contributed by atoms with Crippen LogP contribution in [0.4, 0.5) is 0 Å². The Morgan fingerprint density at radius 1 is 1.39 bits per heavy atom. The van der Waals surface area contributed by atoms with Crippen LogP contribution in [0.5, 0.6) is 0 Å². The molecule has 7 heteroatoms. The number of Topliss-reactive ketones (excluding diaryl/α,β-unsaturated/α-hetero) is 1. The second kappa shape index (κ2) is 6.33. The monoisotopic (exact) mass is 252 g/mol. The Labute approximate surface area is 101 Å². The van der Waals surface area contributed by atoms with Crippen LogP contribution in [0.25, 0.3) is 6.08 Å². The molecule has 0 aliphatic rings. The maximum absolute atomic E-state index is 11.2. The van der Waals surface area contributed by atoms with E-state index in [1.807, 2.05) is 4.98 Å². The van der Waals surface area contributed by atoms with Crippen LogP contribution < -0.4 is 11.2 Å². The lowest BCUT2D eigenvalue weighted by molar-refractivity contribution is -0.145. The molecule has 18 heavy (non-hydrogen) atoms. The topological polar surface area (TPSA) is 109 Å². The van der Waals surface area contributed by atoms with Crippen molar-refractivity contribution in [3.05, 3.63) is 38.7 Å². The van der Waals surface area contributed by atoms with E-state index in [0.717, 1.165) is 0 Å². The van der Waals surface area contributed by atoms with Crippen LogP contribution in [0.2, 0.25) is 0 Å². The molecule has 0 unspecified atom stereocenters. The average Bonchev–Trinajstić information content (AvgIpc) is 2.29. The maximum atomic E-state index is 11.2. The lowest BCUT2D eigenvalue weighted by atomic mass is 10.2. The molecule has 7 nitrogen and oxygen atoms in total. The molecule has 1 aromatic rings. The van der Waals surface area contributed by atoms with Crippen LogP contribution in [0.3, 0.4) is 0 Å². The first kappa shape index (κ1) is 13.6. The molecule has 0 aliphatic carbocycles. The van der Waals surface area contributed by atoms with E-state index < -0.39 is 17.2 Å². The van der Waals surface area contributed by atoms with E-state index in [1.54, 1.807) is 0 Å². The van der Waals surface area contributed by atoms with Crippen LogP contribution in [0.15, 0.2) is 21.9 Å². The van der Waals surface area contributed by atoms with Gasteiger partial charge in [0.2, 0.25) is 0 Å². The molecular formula is C11H12N2O5. The minimum absolute atomic E-state index is 0.0336. The second-order valence-electron chi connectivity index (χ2n) is 3.45. The van der Waals surface area contributed by atoms with Crippen molar-refractivity contribution >= 4 is 17.8 Å². The first-order chi connectivity index (χ1) is 8.49. The van der Waals surface area contributed by atoms with Crippen LogP contribution in [-0.2, 0) is 14.3 Å². The molecule has 0 saturated heterocycles. The lowest BCUT2D eigenvalue weighted by Crippen LogP contribution is -2.22. The van der Waals surface area contributed by atoms with Crippen molar-refractivity contribution in [3.63, 3.8) is 0 Å². The standard InChI is InChI=1S/C11H12N2O5/c1-7(14)18-6-9(15)4-2-3-8-5-12-11(17)13-10(8)16/h2-3,5H,4,6H2,1H3,(H2,12,13,16,17)/b3-2+. The third kappa shape index (κ3) is 4.60. The fraction of sp³-hybridized carbons (Fsp3) is 0.273. The van der Waals surface area contributed by atoms with Gasteiger partial charge in [-0.2, -0.15) is 0 Å². The quantitative estimate of drug-likeness (QED) is 0.693. The Morgan fingerprint density at radius 2 is 2.11 bits per heavy atom. The van der Waals surface area contributed by atoms with Gasteiger partial charge in [0.05, 0.1) is 5.56 Å². The number of esters is 1. The van der Waals surface area contributed by atoms with E-state index in [9.17, 15) is 19.2 Å². The van der Waals surface area contributed by atoms with Crippen LogP contribution in [0.1, 0.15) is 18.9 Å². The number of ether oxygens (including phenoxy) is 1. The number of hydrogen-bond acceptors (Lipinski definition) is 5. The number of nitrogens with one attached hydrogen (secondary N) is 2. The van der Waals surface area contributed by atoms with Crippen LogP contribution in [0, 0.1) is 0 Å². The van der Waals surface area contributed by atoms with Crippen molar-refractivity contribution in [2.75, 3.05) is 6.61 Å². The molecule has 0 fully saturated rings. The Morgan fingerprint density at radius 3 is 2.72 bits per heavy atom. The normalized spacial score (nSPS) is 10.5. The van der Waals surface area contributed by atoms with Gasteiger partial charge >= 0.3 is 11.7 Å². The summed E-state index contributed by atoms with van der Waals surface area (Å²) >= 11 is 0. The predicted octanol–water partition coefficient (Wildman–Crippen LogP) is -0.401. The molecule has 0 bridgehead atoms. The Balaban J connectivity index is 2.55. The SMILES string of the molecule is CC(=O)OCC(=O)C/C=C/c1c[nH]c(=O)[nH]c1=O. The molecule has 0 spiro atoms. The van der Waals surface area contributed by atoms with Gasteiger partial charge in [0, 0.05) is 19.5 Å². The number of aromatic amines is 2.